The fourth-order valence-electron chi connectivity index (χ4n) is 1.01. The molecule has 0 spiro atoms. The summed E-state index contributed by atoms with van der Waals surface area (Å²) >= 11 is 0. The van der Waals surface area contributed by atoms with Gasteiger partial charge in [-0.15, -0.1) is 0 Å². The molecule has 0 saturated heterocycles. The average molecular weight is 261 g/mol. The highest BCUT2D eigenvalue weighted by atomic mass is 32.2. The van der Waals surface area contributed by atoms with Crippen LogP contribution in [0.4, 0.5) is 0 Å². The Morgan fingerprint density at radius 3 is 2.59 bits per heavy atom. The molecule has 0 bridgehead atoms. The SMILES string of the molecule is CCCOC(=O)c1ccc(S(=O)(=O)N(C)C)o1. The molecule has 0 aliphatic carbocycles. The lowest BCUT2D eigenvalue weighted by atomic mass is 10.4. The molecule has 1 aromatic rings. The fourth-order valence-corrected chi connectivity index (χ4v) is 1.81. The molecule has 0 amide bonds. The summed E-state index contributed by atoms with van der Waals surface area (Å²) in [5, 5.41) is -0.272. The first-order valence-corrected chi connectivity index (χ1v) is 6.53. The van der Waals surface area contributed by atoms with Crippen molar-refractivity contribution in [2.75, 3.05) is 20.7 Å². The molecule has 0 aliphatic rings. The van der Waals surface area contributed by atoms with Gasteiger partial charge in [0, 0.05) is 14.1 Å². The summed E-state index contributed by atoms with van der Waals surface area (Å²) < 4.78 is 34.1. The quantitative estimate of drug-likeness (QED) is 0.742. The van der Waals surface area contributed by atoms with Crippen molar-refractivity contribution in [2.24, 2.45) is 0 Å². The lowest BCUT2D eigenvalue weighted by Crippen LogP contribution is -2.21. The van der Waals surface area contributed by atoms with Crippen LogP contribution >= 0.6 is 0 Å². The molecular formula is C10H15NO5S. The summed E-state index contributed by atoms with van der Waals surface area (Å²) in [4.78, 5) is 11.4. The molecule has 17 heavy (non-hydrogen) atoms. The van der Waals surface area contributed by atoms with Crippen LogP contribution in [-0.2, 0) is 14.8 Å². The molecule has 0 atom stereocenters. The molecule has 0 aliphatic heterocycles. The first kappa shape index (κ1) is 13.7. The Hall–Kier alpha value is -1.34. The molecule has 0 unspecified atom stereocenters. The van der Waals surface area contributed by atoms with Gasteiger partial charge in [0.2, 0.25) is 10.9 Å². The minimum absolute atomic E-state index is 0.112. The van der Waals surface area contributed by atoms with Gasteiger partial charge in [-0.25, -0.2) is 17.5 Å². The Bertz CT molecular complexity index is 489. The second-order valence-electron chi connectivity index (χ2n) is 3.54. The Labute approximate surface area is 100 Å². The van der Waals surface area contributed by atoms with Crippen LogP contribution in [0, 0.1) is 0 Å². The third-order valence-corrected chi connectivity index (χ3v) is 3.64. The highest BCUT2D eigenvalue weighted by molar-refractivity contribution is 7.88. The molecule has 1 heterocycles. The number of ether oxygens (including phenoxy) is 1. The van der Waals surface area contributed by atoms with E-state index >= 15 is 0 Å². The number of esters is 1. The van der Waals surface area contributed by atoms with Gasteiger partial charge in [0.05, 0.1) is 6.61 Å². The maximum Gasteiger partial charge on any atom is 0.374 e. The van der Waals surface area contributed by atoms with Crippen LogP contribution in [-0.4, -0.2) is 39.4 Å². The van der Waals surface area contributed by atoms with Crippen molar-refractivity contribution in [3.63, 3.8) is 0 Å². The van der Waals surface area contributed by atoms with Gasteiger partial charge in [0.1, 0.15) is 0 Å². The second-order valence-corrected chi connectivity index (χ2v) is 5.62. The molecule has 0 N–H and O–H groups in total. The molecule has 6 nitrogen and oxygen atoms in total. The van der Waals surface area contributed by atoms with Crippen LogP contribution in [0.15, 0.2) is 21.6 Å². The number of carbonyl (C=O) groups is 1. The zero-order valence-corrected chi connectivity index (χ0v) is 10.8. The molecule has 1 rings (SSSR count). The van der Waals surface area contributed by atoms with Crippen LogP contribution in [0.1, 0.15) is 23.9 Å². The minimum atomic E-state index is -3.65. The predicted molar refractivity (Wildman–Crippen MR) is 60.2 cm³/mol. The lowest BCUT2D eigenvalue weighted by Gasteiger charge is -2.07. The van der Waals surface area contributed by atoms with Gasteiger partial charge < -0.3 is 9.15 Å². The molecule has 7 heteroatoms. The summed E-state index contributed by atoms with van der Waals surface area (Å²) in [6.45, 7) is 2.13. The van der Waals surface area contributed by atoms with Crippen LogP contribution < -0.4 is 0 Å². The summed E-state index contributed by atoms with van der Waals surface area (Å²) in [6.07, 6.45) is 0.690. The van der Waals surface area contributed by atoms with Gasteiger partial charge in [-0.05, 0) is 18.6 Å². The molecule has 0 saturated carbocycles. The van der Waals surface area contributed by atoms with Crippen LogP contribution in [0.3, 0.4) is 0 Å². The first-order chi connectivity index (χ1) is 7.89. The summed E-state index contributed by atoms with van der Waals surface area (Å²) in [6, 6.07) is 2.52. The van der Waals surface area contributed by atoms with Crippen molar-refractivity contribution in [3.8, 4) is 0 Å². The van der Waals surface area contributed by atoms with E-state index in [0.29, 0.717) is 6.42 Å². The Kier molecular flexibility index (Phi) is 4.30. The molecule has 0 aromatic carbocycles. The highest BCUT2D eigenvalue weighted by Crippen LogP contribution is 2.17. The number of hydrogen-bond donors (Lipinski definition) is 0. The van der Waals surface area contributed by atoms with E-state index in [1.54, 1.807) is 0 Å². The molecular weight excluding hydrogens is 246 g/mol. The number of hydrogen-bond acceptors (Lipinski definition) is 5. The number of nitrogens with zero attached hydrogens (tertiary/aromatic N) is 1. The van der Waals surface area contributed by atoms with Crippen molar-refractivity contribution in [2.45, 2.75) is 18.4 Å². The van der Waals surface area contributed by atoms with E-state index in [-0.39, 0.29) is 17.5 Å². The highest BCUT2D eigenvalue weighted by Gasteiger charge is 2.23. The normalized spacial score (nSPS) is 11.8. The van der Waals surface area contributed by atoms with E-state index in [9.17, 15) is 13.2 Å². The Balaban J connectivity index is 2.89. The van der Waals surface area contributed by atoms with Crippen molar-refractivity contribution < 1.29 is 22.4 Å². The van der Waals surface area contributed by atoms with Gasteiger partial charge >= 0.3 is 5.97 Å². The maximum atomic E-state index is 11.7. The Morgan fingerprint density at radius 1 is 1.41 bits per heavy atom. The predicted octanol–water partition coefficient (Wildman–Crippen LogP) is 1.10. The topological polar surface area (TPSA) is 76.8 Å². The summed E-state index contributed by atoms with van der Waals surface area (Å²) in [5.41, 5.74) is 0. The van der Waals surface area contributed by atoms with Crippen molar-refractivity contribution in [3.05, 3.63) is 17.9 Å². The summed E-state index contributed by atoms with van der Waals surface area (Å²) in [5.74, 6) is -0.772. The van der Waals surface area contributed by atoms with Gasteiger partial charge in [-0.3, -0.25) is 0 Å². The number of rotatable bonds is 5. The lowest BCUT2D eigenvalue weighted by molar-refractivity contribution is 0.0462. The van der Waals surface area contributed by atoms with Gasteiger partial charge in [0.25, 0.3) is 10.0 Å². The minimum Gasteiger partial charge on any atom is -0.460 e. The zero-order chi connectivity index (χ0) is 13.1. The maximum absolute atomic E-state index is 11.7. The number of sulfonamides is 1. The van der Waals surface area contributed by atoms with Crippen molar-refractivity contribution in [1.82, 2.24) is 4.31 Å². The largest absolute Gasteiger partial charge is 0.460 e. The fraction of sp³-hybridized carbons (Fsp3) is 0.500. The smallest absolute Gasteiger partial charge is 0.374 e. The van der Waals surface area contributed by atoms with Crippen molar-refractivity contribution >= 4 is 16.0 Å². The third kappa shape index (κ3) is 3.07. The van der Waals surface area contributed by atoms with Crippen molar-refractivity contribution in [1.29, 1.82) is 0 Å². The van der Waals surface area contributed by atoms with E-state index in [4.69, 9.17) is 9.15 Å². The Morgan fingerprint density at radius 2 is 2.06 bits per heavy atom. The van der Waals surface area contributed by atoms with Crippen LogP contribution in [0.2, 0.25) is 0 Å². The van der Waals surface area contributed by atoms with Gasteiger partial charge in [0.15, 0.2) is 0 Å². The molecule has 0 fully saturated rings. The van der Waals surface area contributed by atoms with E-state index in [1.165, 1.54) is 26.2 Å². The molecule has 0 radical (unpaired) electrons. The van der Waals surface area contributed by atoms with E-state index in [0.717, 1.165) is 4.31 Å². The zero-order valence-electron chi connectivity index (χ0n) is 9.97. The number of carbonyl (C=O) groups excluding carboxylic acids is 1. The summed E-state index contributed by atoms with van der Waals surface area (Å²) in [7, 11) is -0.887. The monoisotopic (exact) mass is 261 g/mol. The van der Waals surface area contributed by atoms with Crippen LogP contribution in [0.25, 0.3) is 0 Å². The molecule has 1 aromatic heterocycles. The van der Waals surface area contributed by atoms with E-state index < -0.39 is 16.0 Å². The van der Waals surface area contributed by atoms with Gasteiger partial charge in [-0.2, -0.15) is 0 Å². The third-order valence-electron chi connectivity index (χ3n) is 1.95. The van der Waals surface area contributed by atoms with E-state index in [2.05, 4.69) is 0 Å². The first-order valence-electron chi connectivity index (χ1n) is 5.09. The van der Waals surface area contributed by atoms with Gasteiger partial charge in [-0.1, -0.05) is 6.92 Å². The van der Waals surface area contributed by atoms with E-state index in [1.807, 2.05) is 6.92 Å². The number of furan rings is 1. The second kappa shape index (κ2) is 5.33. The molecule has 96 valence electrons. The average Bonchev–Trinajstić information content (AvgIpc) is 2.75. The standard InChI is InChI=1S/C10H15NO5S/c1-4-7-15-10(12)8-5-6-9(16-8)17(13,14)11(2)3/h5-6H,4,7H2,1-3H3. The van der Waals surface area contributed by atoms with Crippen LogP contribution in [0.5, 0.6) is 0 Å².